The number of nitrogens with one attached hydrogen (secondary N) is 1. The van der Waals surface area contributed by atoms with Crippen LogP contribution in [0.4, 0.5) is 5.69 Å². The van der Waals surface area contributed by atoms with E-state index in [9.17, 15) is 10.1 Å². The van der Waals surface area contributed by atoms with Crippen LogP contribution in [-0.2, 0) is 4.79 Å². The zero-order valence-electron chi connectivity index (χ0n) is 15.3. The Balaban J connectivity index is 2.27. The van der Waals surface area contributed by atoms with Crippen LogP contribution in [0.1, 0.15) is 36.5 Å². The number of anilines is 1. The van der Waals surface area contributed by atoms with Gasteiger partial charge in [-0.15, -0.1) is 0 Å². The van der Waals surface area contributed by atoms with E-state index >= 15 is 0 Å². The highest BCUT2D eigenvalue weighted by molar-refractivity contribution is 6.31. The van der Waals surface area contributed by atoms with E-state index in [1.54, 1.807) is 18.2 Å². The van der Waals surface area contributed by atoms with Gasteiger partial charge >= 0.3 is 0 Å². The number of hydrogen-bond donors (Lipinski definition) is 1. The zero-order chi connectivity index (χ0) is 19.3. The first-order valence-corrected chi connectivity index (χ1v) is 8.60. The predicted molar refractivity (Wildman–Crippen MR) is 105 cm³/mol. The minimum atomic E-state index is -0.500. The zero-order valence-corrected chi connectivity index (χ0v) is 16.0. The second-order valence-corrected chi connectivity index (χ2v) is 6.65. The number of carbonyl (C=O) groups is 1. The molecular weight excluding hydrogens is 348 g/mol. The van der Waals surface area contributed by atoms with Gasteiger partial charge in [0.15, 0.2) is 0 Å². The number of ether oxygens (including phenoxy) is 1. The Morgan fingerprint density at radius 2 is 1.92 bits per heavy atom. The van der Waals surface area contributed by atoms with E-state index in [1.165, 1.54) is 12.7 Å². The van der Waals surface area contributed by atoms with Crippen molar-refractivity contribution in [3.63, 3.8) is 0 Å². The fourth-order valence-corrected chi connectivity index (χ4v) is 2.57. The second-order valence-electron chi connectivity index (χ2n) is 6.25. The van der Waals surface area contributed by atoms with Crippen molar-refractivity contribution in [2.24, 2.45) is 0 Å². The number of rotatable bonds is 5. The Labute approximate surface area is 159 Å². The normalized spacial score (nSPS) is 11.2. The molecule has 1 N–H and O–H groups in total. The van der Waals surface area contributed by atoms with Crippen LogP contribution >= 0.6 is 11.6 Å². The molecule has 0 aromatic heterocycles. The van der Waals surface area contributed by atoms with Crippen molar-refractivity contribution >= 4 is 29.3 Å². The first-order valence-electron chi connectivity index (χ1n) is 8.23. The monoisotopic (exact) mass is 368 g/mol. The summed E-state index contributed by atoms with van der Waals surface area (Å²) in [6, 6.07) is 13.1. The Morgan fingerprint density at radius 3 is 2.46 bits per heavy atom. The molecule has 0 saturated carbocycles. The molecule has 5 heteroatoms. The summed E-state index contributed by atoms with van der Waals surface area (Å²) >= 11 is 6.08. The van der Waals surface area contributed by atoms with Gasteiger partial charge in [-0.05, 0) is 41.7 Å². The molecule has 0 spiro atoms. The van der Waals surface area contributed by atoms with Crippen LogP contribution in [0, 0.1) is 18.3 Å². The molecule has 0 saturated heterocycles. The van der Waals surface area contributed by atoms with Crippen molar-refractivity contribution in [3.8, 4) is 11.8 Å². The molecule has 0 aliphatic carbocycles. The molecule has 2 rings (SSSR count). The summed E-state index contributed by atoms with van der Waals surface area (Å²) in [7, 11) is 1.49. The third-order valence-electron chi connectivity index (χ3n) is 4.01. The largest absolute Gasteiger partial charge is 0.495 e. The van der Waals surface area contributed by atoms with Gasteiger partial charge in [0.25, 0.3) is 5.91 Å². The molecule has 26 heavy (non-hydrogen) atoms. The van der Waals surface area contributed by atoms with E-state index in [4.69, 9.17) is 16.3 Å². The van der Waals surface area contributed by atoms with Gasteiger partial charge in [0.2, 0.25) is 0 Å². The maximum atomic E-state index is 12.5. The minimum Gasteiger partial charge on any atom is -0.495 e. The average molecular weight is 369 g/mol. The molecule has 4 nitrogen and oxygen atoms in total. The van der Waals surface area contributed by atoms with Gasteiger partial charge in [-0.25, -0.2) is 0 Å². The maximum Gasteiger partial charge on any atom is 0.266 e. The lowest BCUT2D eigenvalue weighted by Crippen LogP contribution is -2.14. The molecule has 0 bridgehead atoms. The summed E-state index contributed by atoms with van der Waals surface area (Å²) in [5, 5.41) is 12.6. The summed E-state index contributed by atoms with van der Waals surface area (Å²) < 4.78 is 5.25. The van der Waals surface area contributed by atoms with E-state index in [2.05, 4.69) is 19.2 Å². The lowest BCUT2D eigenvalue weighted by atomic mass is 10.0. The summed E-state index contributed by atoms with van der Waals surface area (Å²) in [6.45, 7) is 6.05. The number of hydrogen-bond acceptors (Lipinski definition) is 3. The van der Waals surface area contributed by atoms with E-state index in [0.717, 1.165) is 11.1 Å². The van der Waals surface area contributed by atoms with Crippen LogP contribution in [-0.4, -0.2) is 13.0 Å². The number of methoxy groups -OCH3 is 1. The summed E-state index contributed by atoms with van der Waals surface area (Å²) in [5.74, 6) is 0.361. The van der Waals surface area contributed by atoms with Crippen LogP contribution in [0.5, 0.6) is 5.75 Å². The molecule has 1 amide bonds. The number of aryl methyl sites for hydroxylation is 1. The number of nitrogens with zero attached hydrogens (tertiary/aromatic N) is 1. The molecule has 0 radical (unpaired) electrons. The Morgan fingerprint density at radius 1 is 1.27 bits per heavy atom. The fourth-order valence-electron chi connectivity index (χ4n) is 2.41. The maximum absolute atomic E-state index is 12.5. The van der Waals surface area contributed by atoms with Crippen LogP contribution in [0.3, 0.4) is 0 Å². The second kappa shape index (κ2) is 8.55. The summed E-state index contributed by atoms with van der Waals surface area (Å²) in [5.41, 5.74) is 3.27. The van der Waals surface area contributed by atoms with E-state index in [0.29, 0.717) is 22.4 Å². The summed E-state index contributed by atoms with van der Waals surface area (Å²) in [6.07, 6.45) is 1.56. The highest BCUT2D eigenvalue weighted by atomic mass is 35.5. The molecule has 134 valence electrons. The average Bonchev–Trinajstić information content (AvgIpc) is 2.62. The predicted octanol–water partition coefficient (Wildman–Crippen LogP) is 5.33. The molecule has 0 atom stereocenters. The Hall–Kier alpha value is -2.77. The van der Waals surface area contributed by atoms with Crippen molar-refractivity contribution < 1.29 is 9.53 Å². The molecule has 0 fully saturated rings. The van der Waals surface area contributed by atoms with Crippen molar-refractivity contribution in [2.45, 2.75) is 26.7 Å². The van der Waals surface area contributed by atoms with E-state index in [-0.39, 0.29) is 5.57 Å². The minimum absolute atomic E-state index is 0.0111. The highest BCUT2D eigenvalue weighted by Gasteiger charge is 2.14. The number of carbonyl (C=O) groups excluding carboxylic acids is 1. The van der Waals surface area contributed by atoms with Crippen molar-refractivity contribution in [1.29, 1.82) is 5.26 Å². The Bertz CT molecular complexity index is 878. The molecular formula is C21H21ClN2O2. The highest BCUT2D eigenvalue weighted by Crippen LogP contribution is 2.31. The molecule has 0 aliphatic heterocycles. The summed E-state index contributed by atoms with van der Waals surface area (Å²) in [4.78, 5) is 12.5. The SMILES string of the molecule is COc1cc(Cl)c(C)cc1NC(=O)/C(C#N)=C\c1ccc(C(C)C)cc1. The van der Waals surface area contributed by atoms with Crippen LogP contribution < -0.4 is 10.1 Å². The molecule has 0 unspecified atom stereocenters. The standard InChI is InChI=1S/C21H21ClN2O2/c1-13(2)16-7-5-15(6-8-16)10-17(12-23)21(25)24-19-9-14(3)18(22)11-20(19)26-4/h5-11,13H,1-4H3,(H,24,25)/b17-10-. The topological polar surface area (TPSA) is 62.1 Å². The van der Waals surface area contributed by atoms with Gasteiger partial charge in [-0.2, -0.15) is 5.26 Å². The first kappa shape index (κ1) is 19.6. The van der Waals surface area contributed by atoms with Crippen LogP contribution in [0.2, 0.25) is 5.02 Å². The van der Waals surface area contributed by atoms with Crippen molar-refractivity contribution in [1.82, 2.24) is 0 Å². The molecule has 0 heterocycles. The van der Waals surface area contributed by atoms with Gasteiger partial charge in [0.05, 0.1) is 12.8 Å². The van der Waals surface area contributed by atoms with Gasteiger partial charge in [-0.1, -0.05) is 49.7 Å². The van der Waals surface area contributed by atoms with Crippen LogP contribution in [0.25, 0.3) is 6.08 Å². The molecule has 2 aromatic rings. The van der Waals surface area contributed by atoms with E-state index < -0.39 is 5.91 Å². The lowest BCUT2D eigenvalue weighted by molar-refractivity contribution is -0.112. The smallest absolute Gasteiger partial charge is 0.266 e. The number of nitriles is 1. The first-order chi connectivity index (χ1) is 12.3. The van der Waals surface area contributed by atoms with Gasteiger partial charge in [0, 0.05) is 11.1 Å². The van der Waals surface area contributed by atoms with Crippen molar-refractivity contribution in [2.75, 3.05) is 12.4 Å². The number of benzene rings is 2. The lowest BCUT2D eigenvalue weighted by Gasteiger charge is -2.12. The Kier molecular flexibility index (Phi) is 6.43. The third kappa shape index (κ3) is 4.65. The molecule has 2 aromatic carbocycles. The quantitative estimate of drug-likeness (QED) is 0.573. The number of halogens is 1. The number of amides is 1. The molecule has 0 aliphatic rings. The van der Waals surface area contributed by atoms with Gasteiger partial charge < -0.3 is 10.1 Å². The van der Waals surface area contributed by atoms with Gasteiger partial charge in [0.1, 0.15) is 17.4 Å². The van der Waals surface area contributed by atoms with E-state index in [1.807, 2.05) is 37.3 Å². The van der Waals surface area contributed by atoms with Crippen LogP contribution in [0.15, 0.2) is 42.0 Å². The third-order valence-corrected chi connectivity index (χ3v) is 4.42. The van der Waals surface area contributed by atoms with Gasteiger partial charge in [-0.3, -0.25) is 4.79 Å². The fraction of sp³-hybridized carbons (Fsp3) is 0.238. The van der Waals surface area contributed by atoms with Crippen molar-refractivity contribution in [3.05, 3.63) is 63.7 Å².